The van der Waals surface area contributed by atoms with Crippen LogP contribution >= 0.6 is 11.6 Å². The van der Waals surface area contributed by atoms with Crippen molar-refractivity contribution >= 4 is 23.2 Å². The Hall–Kier alpha value is -1.45. The molecule has 0 aromatic heterocycles. The highest BCUT2D eigenvalue weighted by molar-refractivity contribution is 6.30. The smallest absolute Gasteiger partial charge is 0.173 e. The van der Waals surface area contributed by atoms with Crippen molar-refractivity contribution in [2.75, 3.05) is 0 Å². The molecule has 1 aromatic rings. The number of fused-ring (bicyclic) bond motifs is 5. The highest BCUT2D eigenvalue weighted by Gasteiger charge is 2.59. The summed E-state index contributed by atoms with van der Waals surface area (Å²) in [7, 11) is 0. The lowest BCUT2D eigenvalue weighted by molar-refractivity contribution is -0.121. The highest BCUT2D eigenvalue weighted by Crippen LogP contribution is 2.65. The van der Waals surface area contributed by atoms with Gasteiger partial charge in [0.25, 0.3) is 0 Å². The van der Waals surface area contributed by atoms with Crippen LogP contribution in [0.15, 0.2) is 35.9 Å². The number of aliphatic hydroxyl groups excluding tert-OH is 1. The van der Waals surface area contributed by atoms with Crippen LogP contribution in [0.4, 0.5) is 0 Å². The monoisotopic (exact) mass is 426 g/mol. The van der Waals surface area contributed by atoms with Gasteiger partial charge in [-0.15, -0.1) is 0 Å². The van der Waals surface area contributed by atoms with Crippen molar-refractivity contribution < 1.29 is 14.7 Å². The molecule has 4 aliphatic rings. The number of allylic oxidation sites excluding steroid dienone is 1. The second-order valence-corrected chi connectivity index (χ2v) is 11.1. The molecule has 0 heterocycles. The lowest BCUT2D eigenvalue weighted by Crippen LogP contribution is -2.52. The van der Waals surface area contributed by atoms with Crippen molar-refractivity contribution in [3.8, 4) is 0 Å². The van der Waals surface area contributed by atoms with E-state index in [1.54, 1.807) is 24.3 Å². The molecular weight excluding hydrogens is 396 g/mol. The van der Waals surface area contributed by atoms with Crippen LogP contribution in [0.1, 0.15) is 69.2 Å². The number of carbonyl (C=O) groups is 2. The van der Waals surface area contributed by atoms with Gasteiger partial charge in [0.15, 0.2) is 11.6 Å². The molecule has 3 nitrogen and oxygen atoms in total. The van der Waals surface area contributed by atoms with Gasteiger partial charge in [0, 0.05) is 10.6 Å². The van der Waals surface area contributed by atoms with E-state index in [-0.39, 0.29) is 28.5 Å². The van der Waals surface area contributed by atoms with Crippen molar-refractivity contribution in [1.29, 1.82) is 0 Å². The summed E-state index contributed by atoms with van der Waals surface area (Å²) >= 11 is 5.98. The van der Waals surface area contributed by atoms with Crippen molar-refractivity contribution in [3.63, 3.8) is 0 Å². The molecular formula is C26H31ClO3. The third-order valence-electron chi connectivity index (χ3n) is 9.42. The van der Waals surface area contributed by atoms with Gasteiger partial charge in [-0.05, 0) is 104 Å². The molecule has 0 radical (unpaired) electrons. The maximum atomic E-state index is 13.2. The molecule has 1 aromatic carbocycles. The van der Waals surface area contributed by atoms with Gasteiger partial charge in [-0.1, -0.05) is 31.0 Å². The molecule has 4 heteroatoms. The van der Waals surface area contributed by atoms with E-state index in [1.807, 2.05) is 6.08 Å². The largest absolute Gasteiger partial charge is 0.393 e. The van der Waals surface area contributed by atoms with Gasteiger partial charge in [0.05, 0.1) is 12.0 Å². The summed E-state index contributed by atoms with van der Waals surface area (Å²) in [5.74, 6) is 0.941. The molecule has 3 saturated carbocycles. The van der Waals surface area contributed by atoms with E-state index >= 15 is 0 Å². The van der Waals surface area contributed by atoms with Gasteiger partial charge >= 0.3 is 0 Å². The second kappa shape index (κ2) is 7.03. The predicted octanol–water partition coefficient (Wildman–Crippen LogP) is 5.64. The minimum Gasteiger partial charge on any atom is -0.393 e. The Balaban J connectivity index is 1.46. The summed E-state index contributed by atoms with van der Waals surface area (Å²) in [6.07, 6.45) is 8.48. The van der Waals surface area contributed by atoms with Crippen LogP contribution < -0.4 is 0 Å². The number of hydrogen-bond donors (Lipinski definition) is 1. The van der Waals surface area contributed by atoms with Crippen molar-refractivity contribution in [3.05, 3.63) is 46.5 Å². The van der Waals surface area contributed by atoms with Crippen LogP contribution in [0, 0.1) is 34.5 Å². The summed E-state index contributed by atoms with van der Waals surface area (Å²) in [5.41, 5.74) is 1.77. The van der Waals surface area contributed by atoms with Crippen LogP contribution in [0.2, 0.25) is 5.02 Å². The number of Topliss-reactive ketones (excluding diaryl/α,β-unsaturated/α-hetero) is 1. The number of ketones is 2. The standard InChI is InChI=1S/C26H31ClO3/c1-25-12-11-21-18(20(25)9-10-23(25)29)8-5-16-13-22(28)19(14-26(16,21)2)24(30)15-3-6-17(27)7-4-15/h3-4,6-7,13,18-21,23,29H,5,8-12,14H2,1-2H3/t18-,19?,20-,21+,23?,25-,26-/m0/s1. The third kappa shape index (κ3) is 2.88. The highest BCUT2D eigenvalue weighted by atomic mass is 35.5. The molecule has 3 fully saturated rings. The van der Waals surface area contributed by atoms with Gasteiger partial charge in [-0.3, -0.25) is 9.59 Å². The molecule has 5 rings (SSSR count). The Morgan fingerprint density at radius 1 is 1.07 bits per heavy atom. The number of hydrogen-bond acceptors (Lipinski definition) is 3. The van der Waals surface area contributed by atoms with Crippen LogP contribution in [0.5, 0.6) is 0 Å². The molecule has 0 saturated heterocycles. The molecule has 160 valence electrons. The summed E-state index contributed by atoms with van der Waals surface area (Å²) < 4.78 is 0. The average molecular weight is 427 g/mol. The zero-order valence-corrected chi connectivity index (χ0v) is 18.6. The van der Waals surface area contributed by atoms with E-state index in [9.17, 15) is 14.7 Å². The first-order chi connectivity index (χ1) is 14.2. The fourth-order valence-electron chi connectivity index (χ4n) is 7.65. The molecule has 0 spiro atoms. The van der Waals surface area contributed by atoms with Crippen molar-refractivity contribution in [2.24, 2.45) is 34.5 Å². The number of rotatable bonds is 2. The molecule has 4 aliphatic carbocycles. The van der Waals surface area contributed by atoms with Crippen molar-refractivity contribution in [1.82, 2.24) is 0 Å². The number of halogens is 1. The van der Waals surface area contributed by atoms with Gasteiger partial charge < -0.3 is 5.11 Å². The molecule has 0 aliphatic heterocycles. The van der Waals surface area contributed by atoms with E-state index in [1.165, 1.54) is 5.57 Å². The maximum absolute atomic E-state index is 13.2. The molecule has 0 bridgehead atoms. The number of benzene rings is 1. The molecule has 0 amide bonds. The molecule has 2 unspecified atom stereocenters. The molecule has 30 heavy (non-hydrogen) atoms. The van der Waals surface area contributed by atoms with Gasteiger partial charge in [0.1, 0.15) is 0 Å². The number of carbonyl (C=O) groups excluding carboxylic acids is 2. The van der Waals surface area contributed by atoms with Crippen LogP contribution in [-0.2, 0) is 4.79 Å². The van der Waals surface area contributed by atoms with E-state index in [2.05, 4.69) is 13.8 Å². The predicted molar refractivity (Wildman–Crippen MR) is 117 cm³/mol. The zero-order chi connectivity index (χ0) is 21.3. The second-order valence-electron chi connectivity index (χ2n) is 10.7. The van der Waals surface area contributed by atoms with Crippen LogP contribution in [0.3, 0.4) is 0 Å². The first kappa shape index (κ1) is 20.5. The van der Waals surface area contributed by atoms with Gasteiger partial charge in [-0.2, -0.15) is 0 Å². The maximum Gasteiger partial charge on any atom is 0.173 e. The molecule has 1 N–H and O–H groups in total. The minimum absolute atomic E-state index is 0.0298. The summed E-state index contributed by atoms with van der Waals surface area (Å²) in [6, 6.07) is 6.90. The normalized spacial score (nSPS) is 42.7. The van der Waals surface area contributed by atoms with E-state index in [4.69, 9.17) is 11.6 Å². The zero-order valence-electron chi connectivity index (χ0n) is 17.9. The quantitative estimate of drug-likeness (QED) is 0.491. The SMILES string of the molecule is C[C@]12CC(C(=O)c3ccc(Cl)cc3)C(=O)C=C1CC[C@@H]1[C@H]2CC[C@]2(C)C(O)CC[C@@H]12. The average Bonchev–Trinajstić information content (AvgIpc) is 3.03. The van der Waals surface area contributed by atoms with Crippen LogP contribution in [0.25, 0.3) is 0 Å². The van der Waals surface area contributed by atoms with E-state index < -0.39 is 5.92 Å². The summed E-state index contributed by atoms with van der Waals surface area (Å²) in [4.78, 5) is 26.2. The lowest BCUT2D eigenvalue weighted by atomic mass is 9.46. The fourth-order valence-corrected chi connectivity index (χ4v) is 7.78. The fraction of sp³-hybridized carbons (Fsp3) is 0.615. The minimum atomic E-state index is -0.596. The summed E-state index contributed by atoms with van der Waals surface area (Å²) in [6.45, 7) is 4.59. The Labute approximate surface area is 183 Å². The third-order valence-corrected chi connectivity index (χ3v) is 9.67. The van der Waals surface area contributed by atoms with E-state index in [0.29, 0.717) is 34.8 Å². The Morgan fingerprint density at radius 3 is 2.53 bits per heavy atom. The lowest BCUT2D eigenvalue weighted by Gasteiger charge is -2.58. The molecule has 7 atom stereocenters. The van der Waals surface area contributed by atoms with E-state index in [0.717, 1.165) is 38.5 Å². The Kier molecular flexibility index (Phi) is 4.79. The first-order valence-corrected chi connectivity index (χ1v) is 11.8. The van der Waals surface area contributed by atoms with Crippen molar-refractivity contribution in [2.45, 2.75) is 64.9 Å². The Morgan fingerprint density at radius 2 is 1.80 bits per heavy atom. The number of aliphatic hydroxyl groups is 1. The topological polar surface area (TPSA) is 54.4 Å². The van der Waals surface area contributed by atoms with Crippen LogP contribution in [-0.4, -0.2) is 22.8 Å². The first-order valence-electron chi connectivity index (χ1n) is 11.5. The summed E-state index contributed by atoms with van der Waals surface area (Å²) in [5, 5.41) is 11.2. The van der Waals surface area contributed by atoms with Gasteiger partial charge in [-0.25, -0.2) is 0 Å². The Bertz CT molecular complexity index is 919. The van der Waals surface area contributed by atoms with Gasteiger partial charge in [0.2, 0.25) is 0 Å².